The van der Waals surface area contributed by atoms with Crippen LogP contribution in [0.3, 0.4) is 0 Å². The lowest BCUT2D eigenvalue weighted by Crippen LogP contribution is -2.41. The Kier molecular flexibility index (Phi) is 6.45. The minimum atomic E-state index is -0.114. The zero-order valence-electron chi connectivity index (χ0n) is 19.2. The average molecular weight is 482 g/mol. The monoisotopic (exact) mass is 481 g/mol. The quantitative estimate of drug-likeness (QED) is 0.427. The molecule has 2 aliphatic heterocycles. The van der Waals surface area contributed by atoms with Gasteiger partial charge in [0.1, 0.15) is 18.5 Å². The van der Waals surface area contributed by atoms with Crippen LogP contribution in [0.15, 0.2) is 36.7 Å². The van der Waals surface area contributed by atoms with Gasteiger partial charge in [-0.3, -0.25) is 9.78 Å². The average Bonchev–Trinajstić information content (AvgIpc) is 3.19. The lowest BCUT2D eigenvalue weighted by atomic mass is 10.0. The van der Waals surface area contributed by atoms with Gasteiger partial charge in [0, 0.05) is 53.7 Å². The highest BCUT2D eigenvalue weighted by atomic mass is 35.5. The number of aromatic amines is 1. The van der Waals surface area contributed by atoms with Crippen molar-refractivity contribution < 1.29 is 14.3 Å². The first-order valence-electron chi connectivity index (χ1n) is 11.5. The third kappa shape index (κ3) is 4.49. The van der Waals surface area contributed by atoms with Crippen LogP contribution >= 0.6 is 11.6 Å². The summed E-state index contributed by atoms with van der Waals surface area (Å²) in [6.45, 7) is 6.60. The molecule has 34 heavy (non-hydrogen) atoms. The molecule has 1 saturated heterocycles. The third-order valence-corrected chi connectivity index (χ3v) is 6.61. The van der Waals surface area contributed by atoms with Gasteiger partial charge in [-0.1, -0.05) is 17.7 Å². The third-order valence-electron chi connectivity index (χ3n) is 6.20. The summed E-state index contributed by atoms with van der Waals surface area (Å²) in [5, 5.41) is 10.5. The number of amides is 1. The summed E-state index contributed by atoms with van der Waals surface area (Å²) < 4.78 is 11.9. The molecular weight excluding hydrogens is 454 g/mol. The maximum Gasteiger partial charge on any atom is 0.255 e. The van der Waals surface area contributed by atoms with Crippen molar-refractivity contribution in [3.8, 4) is 17.0 Å². The van der Waals surface area contributed by atoms with Crippen LogP contribution in [0.2, 0.25) is 5.02 Å². The Hall–Kier alpha value is -3.07. The molecule has 0 aliphatic carbocycles. The summed E-state index contributed by atoms with van der Waals surface area (Å²) >= 11 is 6.37. The summed E-state index contributed by atoms with van der Waals surface area (Å²) in [7, 11) is 0. The number of nitrogens with one attached hydrogen (secondary N) is 4. The van der Waals surface area contributed by atoms with E-state index in [1.54, 1.807) is 12.4 Å². The molecular formula is C25H28ClN5O3. The number of rotatable bonds is 6. The molecule has 0 saturated carbocycles. The van der Waals surface area contributed by atoms with Crippen LogP contribution in [0.25, 0.3) is 11.3 Å². The van der Waals surface area contributed by atoms with Crippen LogP contribution in [0.1, 0.15) is 28.5 Å². The van der Waals surface area contributed by atoms with Crippen LogP contribution in [-0.2, 0) is 11.2 Å². The topological polar surface area (TPSA) is 100 Å². The smallest absolute Gasteiger partial charge is 0.255 e. The van der Waals surface area contributed by atoms with Gasteiger partial charge in [-0.15, -0.1) is 0 Å². The van der Waals surface area contributed by atoms with Crippen LogP contribution < -0.4 is 20.7 Å². The highest BCUT2D eigenvalue weighted by Gasteiger charge is 2.31. The van der Waals surface area contributed by atoms with E-state index in [1.165, 1.54) is 0 Å². The van der Waals surface area contributed by atoms with Gasteiger partial charge in [0.05, 0.1) is 29.7 Å². The molecule has 1 amide bonds. The fraction of sp³-hybridized carbons (Fsp3) is 0.360. The van der Waals surface area contributed by atoms with Crippen LogP contribution in [0.5, 0.6) is 5.75 Å². The summed E-state index contributed by atoms with van der Waals surface area (Å²) in [6, 6.07) is 7.62. The number of benzene rings is 1. The molecule has 2 aliphatic rings. The SMILES string of the molecule is Cc1c(Cl)cccc1Nc1c(-c2ccncc2OC[C@H]2CNCCO2)[nH]c2c1C(=O)N[C@H](C)C2. The number of morpholine rings is 1. The van der Waals surface area contributed by atoms with Crippen LogP contribution in [0, 0.1) is 6.92 Å². The fourth-order valence-corrected chi connectivity index (χ4v) is 4.60. The fourth-order valence-electron chi connectivity index (χ4n) is 4.42. The molecule has 0 radical (unpaired) electrons. The van der Waals surface area contributed by atoms with E-state index in [-0.39, 0.29) is 18.1 Å². The largest absolute Gasteiger partial charge is 0.488 e. The summed E-state index contributed by atoms with van der Waals surface area (Å²) in [6.07, 6.45) is 4.09. The van der Waals surface area contributed by atoms with E-state index in [2.05, 4.69) is 25.9 Å². The van der Waals surface area contributed by atoms with Gasteiger partial charge in [0.25, 0.3) is 5.91 Å². The van der Waals surface area contributed by atoms with Gasteiger partial charge in [0.2, 0.25) is 0 Å². The van der Waals surface area contributed by atoms with Gasteiger partial charge in [-0.05, 0) is 37.6 Å². The van der Waals surface area contributed by atoms with Crippen molar-refractivity contribution in [3.05, 3.63) is 58.5 Å². The lowest BCUT2D eigenvalue weighted by molar-refractivity contribution is 0.000245. The molecule has 5 rings (SSSR count). The molecule has 1 fully saturated rings. The Morgan fingerprint density at radius 2 is 2.21 bits per heavy atom. The summed E-state index contributed by atoms with van der Waals surface area (Å²) in [5.41, 5.74) is 5.51. The Bertz CT molecular complexity index is 1210. The first-order chi connectivity index (χ1) is 16.5. The van der Waals surface area contributed by atoms with Crippen molar-refractivity contribution in [2.24, 2.45) is 0 Å². The van der Waals surface area contributed by atoms with Gasteiger partial charge in [-0.25, -0.2) is 0 Å². The van der Waals surface area contributed by atoms with Crippen LogP contribution in [0.4, 0.5) is 11.4 Å². The van der Waals surface area contributed by atoms with E-state index in [1.807, 2.05) is 38.1 Å². The molecule has 2 aromatic heterocycles. The molecule has 9 heteroatoms. The standard InChI is InChI=1S/C25H28ClN5O3/c1-14-10-20-22(25(32)29-14)24(30-19-5-3-4-18(26)15(19)2)23(31-20)17-6-7-27-12-21(17)34-13-16-11-28-8-9-33-16/h3-7,12,14,16,28,30-31H,8-11,13H2,1-2H3,(H,29,32)/t14-,16-/m1/s1. The van der Waals surface area contributed by atoms with Gasteiger partial charge in [0.15, 0.2) is 0 Å². The van der Waals surface area contributed by atoms with Crippen molar-refractivity contribution in [1.82, 2.24) is 20.6 Å². The second-order valence-corrected chi connectivity index (χ2v) is 9.13. The summed E-state index contributed by atoms with van der Waals surface area (Å²) in [5.74, 6) is 0.506. The van der Waals surface area contributed by atoms with Crippen molar-refractivity contribution in [1.29, 1.82) is 0 Å². The van der Waals surface area contributed by atoms with E-state index in [0.717, 1.165) is 41.3 Å². The number of anilines is 2. The minimum absolute atomic E-state index is 0.0306. The Morgan fingerprint density at radius 1 is 1.32 bits per heavy atom. The molecule has 1 aromatic carbocycles. The normalized spacial score (nSPS) is 19.9. The number of H-pyrrole nitrogens is 1. The van der Waals surface area contributed by atoms with Gasteiger partial charge in [-0.2, -0.15) is 0 Å². The number of aromatic nitrogens is 2. The number of fused-ring (bicyclic) bond motifs is 1. The molecule has 8 nitrogen and oxygen atoms in total. The number of nitrogens with zero attached hydrogens (tertiary/aromatic N) is 1. The van der Waals surface area contributed by atoms with Gasteiger partial charge >= 0.3 is 0 Å². The maximum absolute atomic E-state index is 13.1. The molecule has 3 aromatic rings. The number of hydrogen-bond donors (Lipinski definition) is 4. The van der Waals surface area contributed by atoms with E-state index in [4.69, 9.17) is 21.1 Å². The Morgan fingerprint density at radius 3 is 3.03 bits per heavy atom. The van der Waals surface area contributed by atoms with E-state index >= 15 is 0 Å². The first kappa shape index (κ1) is 22.7. The highest BCUT2D eigenvalue weighted by molar-refractivity contribution is 6.31. The lowest BCUT2D eigenvalue weighted by Gasteiger charge is -2.24. The zero-order chi connectivity index (χ0) is 23.7. The number of hydrogen-bond acceptors (Lipinski definition) is 6. The van der Waals surface area contributed by atoms with Crippen molar-refractivity contribution in [3.63, 3.8) is 0 Å². The molecule has 4 heterocycles. The minimum Gasteiger partial charge on any atom is -0.488 e. The summed E-state index contributed by atoms with van der Waals surface area (Å²) in [4.78, 5) is 20.8. The first-order valence-corrected chi connectivity index (χ1v) is 11.9. The number of carbonyl (C=O) groups is 1. The van der Waals surface area contributed by atoms with Crippen molar-refractivity contribution in [2.75, 3.05) is 31.6 Å². The second-order valence-electron chi connectivity index (χ2n) is 8.72. The molecule has 0 unspecified atom stereocenters. The Balaban J connectivity index is 1.56. The predicted molar refractivity (Wildman–Crippen MR) is 132 cm³/mol. The zero-order valence-corrected chi connectivity index (χ0v) is 20.0. The Labute approximate surface area is 203 Å². The molecule has 2 atom stereocenters. The molecule has 0 bridgehead atoms. The number of halogens is 1. The number of carbonyl (C=O) groups excluding carboxylic acids is 1. The number of ether oxygens (including phenoxy) is 2. The van der Waals surface area contributed by atoms with E-state index < -0.39 is 0 Å². The molecule has 178 valence electrons. The second kappa shape index (κ2) is 9.66. The van der Waals surface area contributed by atoms with Crippen molar-refractivity contribution in [2.45, 2.75) is 32.4 Å². The predicted octanol–water partition coefficient (Wildman–Crippen LogP) is 3.82. The molecule has 0 spiro atoms. The van der Waals surface area contributed by atoms with Crippen LogP contribution in [-0.4, -0.2) is 54.3 Å². The molecule has 4 N–H and O–H groups in total. The number of pyridine rings is 1. The van der Waals surface area contributed by atoms with Crippen molar-refractivity contribution >= 4 is 28.9 Å². The van der Waals surface area contributed by atoms with E-state index in [0.29, 0.717) is 41.7 Å². The van der Waals surface area contributed by atoms with Gasteiger partial charge < -0.3 is 30.4 Å². The van der Waals surface area contributed by atoms with E-state index in [9.17, 15) is 4.79 Å². The highest BCUT2D eigenvalue weighted by Crippen LogP contribution is 2.41. The maximum atomic E-state index is 13.1.